The minimum absolute atomic E-state index is 0.0586. The third-order valence-electron chi connectivity index (χ3n) is 4.81. The molecule has 1 spiro atoms. The van der Waals surface area contributed by atoms with Crippen LogP contribution in [-0.4, -0.2) is 42.3 Å². The van der Waals surface area contributed by atoms with Crippen molar-refractivity contribution in [2.24, 2.45) is 5.41 Å². The number of halogens is 3. The summed E-state index contributed by atoms with van der Waals surface area (Å²) >= 11 is 0. The molecule has 118 valence electrons. The summed E-state index contributed by atoms with van der Waals surface area (Å²) < 4.78 is 38.7. The fraction of sp³-hybridized carbons (Fsp3) is 1.00. The van der Waals surface area contributed by atoms with Crippen LogP contribution >= 0.6 is 0 Å². The van der Waals surface area contributed by atoms with Gasteiger partial charge in [-0.15, -0.1) is 0 Å². The first-order valence-electron chi connectivity index (χ1n) is 7.67. The molecule has 0 radical (unpaired) electrons. The molecule has 0 aromatic rings. The van der Waals surface area contributed by atoms with Crippen LogP contribution in [0.15, 0.2) is 0 Å². The van der Waals surface area contributed by atoms with Crippen LogP contribution in [0.1, 0.15) is 52.9 Å². The van der Waals surface area contributed by atoms with Crippen molar-refractivity contribution in [1.82, 2.24) is 10.2 Å². The highest BCUT2D eigenvalue weighted by Crippen LogP contribution is 2.37. The Balaban J connectivity index is 2.14. The summed E-state index contributed by atoms with van der Waals surface area (Å²) in [5.74, 6) is 0. The van der Waals surface area contributed by atoms with Gasteiger partial charge in [0.25, 0.3) is 0 Å². The zero-order chi connectivity index (χ0) is 15.0. The Hall–Kier alpha value is -0.290. The van der Waals surface area contributed by atoms with E-state index >= 15 is 0 Å². The Labute approximate surface area is 120 Å². The lowest BCUT2D eigenvalue weighted by Gasteiger charge is -2.53. The molecule has 2 nitrogen and oxygen atoms in total. The van der Waals surface area contributed by atoms with Crippen LogP contribution in [0.25, 0.3) is 0 Å². The highest BCUT2D eigenvalue weighted by Gasteiger charge is 2.46. The van der Waals surface area contributed by atoms with Crippen molar-refractivity contribution in [2.45, 2.75) is 70.6 Å². The van der Waals surface area contributed by atoms with Crippen LogP contribution in [0.5, 0.6) is 0 Å². The van der Waals surface area contributed by atoms with Gasteiger partial charge in [-0.05, 0) is 18.3 Å². The number of hydrogen-bond donors (Lipinski definition) is 1. The summed E-state index contributed by atoms with van der Waals surface area (Å²) in [6, 6.07) is -0.0586. The van der Waals surface area contributed by atoms with E-state index < -0.39 is 12.7 Å². The molecule has 0 aromatic heterocycles. The van der Waals surface area contributed by atoms with E-state index in [0.717, 1.165) is 25.7 Å². The molecule has 1 aliphatic heterocycles. The zero-order valence-electron chi connectivity index (χ0n) is 12.8. The van der Waals surface area contributed by atoms with Gasteiger partial charge in [-0.25, -0.2) is 0 Å². The van der Waals surface area contributed by atoms with Crippen LogP contribution in [0.2, 0.25) is 0 Å². The molecule has 1 atom stereocenters. The van der Waals surface area contributed by atoms with Gasteiger partial charge in [0.2, 0.25) is 0 Å². The quantitative estimate of drug-likeness (QED) is 0.795. The minimum atomic E-state index is -4.11. The second kappa shape index (κ2) is 5.48. The van der Waals surface area contributed by atoms with E-state index in [4.69, 9.17) is 0 Å². The first kappa shape index (κ1) is 16.1. The molecule has 0 amide bonds. The fourth-order valence-corrected chi connectivity index (χ4v) is 3.81. The smallest absolute Gasteiger partial charge is 0.308 e. The molecule has 5 heteroatoms. The summed E-state index contributed by atoms with van der Waals surface area (Å²) in [6.07, 6.45) is 1.39. The number of piperazine rings is 1. The molecule has 2 aliphatic rings. The van der Waals surface area contributed by atoms with E-state index in [1.54, 1.807) is 4.90 Å². The average molecular weight is 292 g/mol. The third kappa shape index (κ3) is 3.88. The van der Waals surface area contributed by atoms with Crippen molar-refractivity contribution in [3.63, 3.8) is 0 Å². The van der Waals surface area contributed by atoms with Gasteiger partial charge >= 0.3 is 6.18 Å². The van der Waals surface area contributed by atoms with Gasteiger partial charge in [0, 0.05) is 24.7 Å². The number of alkyl halides is 3. The van der Waals surface area contributed by atoms with Gasteiger partial charge < -0.3 is 5.32 Å². The van der Waals surface area contributed by atoms with Crippen LogP contribution in [0, 0.1) is 5.41 Å². The van der Waals surface area contributed by atoms with E-state index in [1.165, 1.54) is 6.42 Å². The number of hydrogen-bond acceptors (Lipinski definition) is 2. The lowest BCUT2D eigenvalue weighted by atomic mass is 9.76. The van der Waals surface area contributed by atoms with Crippen LogP contribution in [-0.2, 0) is 0 Å². The Morgan fingerprint density at radius 1 is 1.10 bits per heavy atom. The molecule has 2 fully saturated rings. The molecular formula is C15H27F3N2. The number of nitrogens with one attached hydrogen (secondary N) is 1. The predicted molar refractivity (Wildman–Crippen MR) is 74.7 cm³/mol. The second-order valence-electron chi connectivity index (χ2n) is 7.62. The molecular weight excluding hydrogens is 265 g/mol. The van der Waals surface area contributed by atoms with Crippen molar-refractivity contribution in [1.29, 1.82) is 0 Å². The summed E-state index contributed by atoms with van der Waals surface area (Å²) in [7, 11) is 0. The van der Waals surface area contributed by atoms with E-state index in [2.05, 4.69) is 5.32 Å². The molecule has 0 bridgehead atoms. The van der Waals surface area contributed by atoms with Crippen molar-refractivity contribution < 1.29 is 13.2 Å². The molecule has 1 heterocycles. The molecule has 1 unspecified atom stereocenters. The Morgan fingerprint density at radius 3 is 2.20 bits per heavy atom. The summed E-state index contributed by atoms with van der Waals surface area (Å²) in [6.45, 7) is 6.51. The topological polar surface area (TPSA) is 15.3 Å². The van der Waals surface area contributed by atoms with Crippen molar-refractivity contribution in [3.8, 4) is 0 Å². The minimum Gasteiger partial charge on any atom is -0.308 e. The maximum absolute atomic E-state index is 12.9. The average Bonchev–Trinajstić information content (AvgIpc) is 2.25. The number of nitrogens with zero attached hydrogens (tertiary/aromatic N) is 1. The van der Waals surface area contributed by atoms with Crippen LogP contribution in [0.4, 0.5) is 13.2 Å². The van der Waals surface area contributed by atoms with E-state index in [9.17, 15) is 13.2 Å². The third-order valence-corrected chi connectivity index (χ3v) is 4.81. The van der Waals surface area contributed by atoms with Crippen LogP contribution in [0.3, 0.4) is 0 Å². The predicted octanol–water partition coefficient (Wildman–Crippen LogP) is 3.57. The van der Waals surface area contributed by atoms with Gasteiger partial charge in [-0.2, -0.15) is 13.2 Å². The van der Waals surface area contributed by atoms with Gasteiger partial charge in [-0.3, -0.25) is 4.90 Å². The molecule has 1 N–H and O–H groups in total. The zero-order valence-corrected chi connectivity index (χ0v) is 12.8. The largest absolute Gasteiger partial charge is 0.401 e. The Kier molecular flexibility index (Phi) is 4.41. The lowest BCUT2D eigenvalue weighted by Crippen LogP contribution is -2.68. The highest BCUT2D eigenvalue weighted by atomic mass is 19.4. The molecule has 2 rings (SSSR count). The maximum atomic E-state index is 12.9. The first-order chi connectivity index (χ1) is 9.11. The highest BCUT2D eigenvalue weighted by molar-refractivity contribution is 5.02. The standard InChI is InChI=1S/C15H27F3N2/c1-13(2,3)12-9-19-14(7-5-4-6-8-14)10-20(12)11-15(16,17)18/h12,19H,4-11H2,1-3H3. The van der Waals surface area contributed by atoms with Crippen LogP contribution < -0.4 is 5.32 Å². The van der Waals surface area contributed by atoms with E-state index in [1.807, 2.05) is 20.8 Å². The fourth-order valence-electron chi connectivity index (χ4n) is 3.81. The van der Waals surface area contributed by atoms with Gasteiger partial charge in [0.1, 0.15) is 0 Å². The van der Waals surface area contributed by atoms with Gasteiger partial charge in [-0.1, -0.05) is 40.0 Å². The molecule has 20 heavy (non-hydrogen) atoms. The summed E-state index contributed by atoms with van der Waals surface area (Å²) in [4.78, 5) is 1.68. The lowest BCUT2D eigenvalue weighted by molar-refractivity contribution is -0.163. The van der Waals surface area contributed by atoms with Gasteiger partial charge in [0.15, 0.2) is 0 Å². The van der Waals surface area contributed by atoms with E-state index in [-0.39, 0.29) is 17.0 Å². The van der Waals surface area contributed by atoms with Gasteiger partial charge in [0.05, 0.1) is 6.54 Å². The second-order valence-corrected chi connectivity index (χ2v) is 7.62. The SMILES string of the molecule is CC(C)(C)C1CNC2(CCCCC2)CN1CC(F)(F)F. The Morgan fingerprint density at radius 2 is 1.70 bits per heavy atom. The van der Waals surface area contributed by atoms with Crippen molar-refractivity contribution in [3.05, 3.63) is 0 Å². The van der Waals surface area contributed by atoms with Crippen molar-refractivity contribution in [2.75, 3.05) is 19.6 Å². The summed E-state index contributed by atoms with van der Waals surface area (Å²) in [5.41, 5.74) is -0.222. The number of rotatable bonds is 1. The van der Waals surface area contributed by atoms with E-state index in [0.29, 0.717) is 13.1 Å². The first-order valence-corrected chi connectivity index (χ1v) is 7.67. The maximum Gasteiger partial charge on any atom is 0.401 e. The normalized spacial score (nSPS) is 28.8. The molecule has 1 saturated carbocycles. The Bertz CT molecular complexity index is 327. The summed E-state index contributed by atoms with van der Waals surface area (Å²) in [5, 5.41) is 3.60. The monoisotopic (exact) mass is 292 g/mol. The molecule has 1 saturated heterocycles. The molecule has 0 aromatic carbocycles. The molecule has 1 aliphatic carbocycles. The van der Waals surface area contributed by atoms with Crippen molar-refractivity contribution >= 4 is 0 Å².